The maximum absolute atomic E-state index is 11.0. The number of aryl methyl sites for hydroxylation is 1. The van der Waals surface area contributed by atoms with Gasteiger partial charge in [0.05, 0.1) is 4.92 Å². The molecule has 0 fully saturated rings. The average molecular weight is 325 g/mol. The number of halogens is 2. The number of rotatable bonds is 5. The molecule has 0 bridgehead atoms. The number of nitrogens with one attached hydrogen (secondary N) is 1. The number of hydrogen-bond acceptors (Lipinski definition) is 3. The number of nitro groups is 1. The van der Waals surface area contributed by atoms with Crippen LogP contribution < -0.4 is 5.32 Å². The number of anilines is 1. The van der Waals surface area contributed by atoms with Crippen LogP contribution in [0.3, 0.4) is 0 Å². The second-order valence-corrected chi connectivity index (χ2v) is 5.39. The molecule has 0 aromatic heterocycles. The molecule has 2 aromatic rings. The van der Waals surface area contributed by atoms with Gasteiger partial charge in [0, 0.05) is 33.9 Å². The Morgan fingerprint density at radius 1 is 1.14 bits per heavy atom. The Labute approximate surface area is 132 Å². The highest BCUT2D eigenvalue weighted by atomic mass is 35.5. The largest absolute Gasteiger partial charge is 0.381 e. The molecule has 110 valence electrons. The molecule has 21 heavy (non-hydrogen) atoms. The van der Waals surface area contributed by atoms with E-state index in [1.807, 2.05) is 19.1 Å². The van der Waals surface area contributed by atoms with Gasteiger partial charge in [0.25, 0.3) is 5.69 Å². The van der Waals surface area contributed by atoms with Crippen molar-refractivity contribution in [3.63, 3.8) is 0 Å². The van der Waals surface area contributed by atoms with Crippen molar-refractivity contribution in [1.29, 1.82) is 0 Å². The summed E-state index contributed by atoms with van der Waals surface area (Å²) in [7, 11) is 0. The van der Waals surface area contributed by atoms with Gasteiger partial charge in [-0.05, 0) is 30.2 Å². The standard InChI is InChI=1S/C15H14Cl2N2O2/c1-2-10-4-6-13(8-15(10)19(20)21)18-9-11-3-5-12(16)7-14(11)17/h3-8,18H,2,9H2,1H3. The number of benzene rings is 2. The second-order valence-electron chi connectivity index (χ2n) is 4.54. The quantitative estimate of drug-likeness (QED) is 0.616. The van der Waals surface area contributed by atoms with Gasteiger partial charge in [-0.3, -0.25) is 10.1 Å². The second kappa shape index (κ2) is 6.78. The first-order valence-corrected chi connectivity index (χ1v) is 7.22. The van der Waals surface area contributed by atoms with Gasteiger partial charge >= 0.3 is 0 Å². The fraction of sp³-hybridized carbons (Fsp3) is 0.200. The van der Waals surface area contributed by atoms with E-state index < -0.39 is 0 Å². The zero-order valence-electron chi connectivity index (χ0n) is 11.4. The Hall–Kier alpha value is -1.78. The minimum atomic E-state index is -0.362. The monoisotopic (exact) mass is 324 g/mol. The van der Waals surface area contributed by atoms with Crippen molar-refractivity contribution >= 4 is 34.6 Å². The minimum absolute atomic E-state index is 0.129. The van der Waals surface area contributed by atoms with E-state index in [-0.39, 0.29) is 10.6 Å². The fourth-order valence-corrected chi connectivity index (χ4v) is 2.48. The van der Waals surface area contributed by atoms with Crippen LogP contribution in [0.5, 0.6) is 0 Å². The third-order valence-electron chi connectivity index (χ3n) is 3.16. The lowest BCUT2D eigenvalue weighted by molar-refractivity contribution is -0.385. The SMILES string of the molecule is CCc1ccc(NCc2ccc(Cl)cc2Cl)cc1[N+](=O)[O-]. The molecule has 6 heteroatoms. The number of nitro benzene ring substituents is 1. The van der Waals surface area contributed by atoms with E-state index in [2.05, 4.69) is 5.32 Å². The van der Waals surface area contributed by atoms with Crippen molar-refractivity contribution in [2.45, 2.75) is 19.9 Å². The van der Waals surface area contributed by atoms with Crippen molar-refractivity contribution in [3.8, 4) is 0 Å². The smallest absolute Gasteiger partial charge is 0.274 e. The molecule has 0 amide bonds. The highest BCUT2D eigenvalue weighted by molar-refractivity contribution is 6.35. The van der Waals surface area contributed by atoms with E-state index in [1.54, 1.807) is 24.3 Å². The average Bonchev–Trinajstić information content (AvgIpc) is 2.46. The first-order chi connectivity index (χ1) is 10.0. The third kappa shape index (κ3) is 3.86. The molecule has 0 aliphatic rings. The Balaban J connectivity index is 2.16. The predicted molar refractivity (Wildman–Crippen MR) is 86.3 cm³/mol. The van der Waals surface area contributed by atoms with Gasteiger partial charge in [0.1, 0.15) is 0 Å². The lowest BCUT2D eigenvalue weighted by Gasteiger charge is -2.09. The van der Waals surface area contributed by atoms with Crippen LogP contribution in [-0.2, 0) is 13.0 Å². The summed E-state index contributed by atoms with van der Waals surface area (Å²) in [4.78, 5) is 10.7. The minimum Gasteiger partial charge on any atom is -0.381 e. The summed E-state index contributed by atoms with van der Waals surface area (Å²) in [6.07, 6.45) is 0.625. The Morgan fingerprint density at radius 3 is 2.48 bits per heavy atom. The highest BCUT2D eigenvalue weighted by Crippen LogP contribution is 2.25. The number of nitrogens with zero attached hydrogens (tertiary/aromatic N) is 1. The van der Waals surface area contributed by atoms with E-state index in [0.29, 0.717) is 28.7 Å². The summed E-state index contributed by atoms with van der Waals surface area (Å²) in [5.41, 5.74) is 2.41. The maximum Gasteiger partial charge on any atom is 0.274 e. The predicted octanol–water partition coefficient (Wildman–Crippen LogP) is 5.08. The zero-order valence-corrected chi connectivity index (χ0v) is 12.9. The summed E-state index contributed by atoms with van der Waals surface area (Å²) < 4.78 is 0. The van der Waals surface area contributed by atoms with Crippen molar-refractivity contribution < 1.29 is 4.92 Å². The van der Waals surface area contributed by atoms with Crippen molar-refractivity contribution in [3.05, 3.63) is 67.7 Å². The van der Waals surface area contributed by atoms with Crippen LogP contribution in [0.25, 0.3) is 0 Å². The molecule has 0 aliphatic carbocycles. The Bertz CT molecular complexity index is 675. The van der Waals surface area contributed by atoms with Crippen molar-refractivity contribution in [2.24, 2.45) is 0 Å². The molecular formula is C15H14Cl2N2O2. The lowest BCUT2D eigenvalue weighted by Crippen LogP contribution is -2.02. The molecular weight excluding hydrogens is 311 g/mol. The first-order valence-electron chi connectivity index (χ1n) is 6.46. The number of hydrogen-bond donors (Lipinski definition) is 1. The van der Waals surface area contributed by atoms with E-state index in [9.17, 15) is 10.1 Å². The Morgan fingerprint density at radius 2 is 1.86 bits per heavy atom. The summed E-state index contributed by atoms with van der Waals surface area (Å²) in [6.45, 7) is 2.36. The van der Waals surface area contributed by atoms with Crippen LogP contribution in [-0.4, -0.2) is 4.92 Å². The lowest BCUT2D eigenvalue weighted by atomic mass is 10.1. The Kier molecular flexibility index (Phi) is 5.04. The molecule has 0 spiro atoms. The van der Waals surface area contributed by atoms with E-state index in [0.717, 1.165) is 11.1 Å². The van der Waals surface area contributed by atoms with E-state index in [1.165, 1.54) is 0 Å². The fourth-order valence-electron chi connectivity index (χ4n) is 2.01. The van der Waals surface area contributed by atoms with Crippen LogP contribution in [0.1, 0.15) is 18.1 Å². The molecule has 0 atom stereocenters. The van der Waals surface area contributed by atoms with E-state index >= 15 is 0 Å². The van der Waals surface area contributed by atoms with Gasteiger partial charge < -0.3 is 5.32 Å². The molecule has 1 N–H and O–H groups in total. The molecule has 0 saturated carbocycles. The molecule has 4 nitrogen and oxygen atoms in total. The summed E-state index contributed by atoms with van der Waals surface area (Å²) >= 11 is 11.9. The zero-order chi connectivity index (χ0) is 15.4. The summed E-state index contributed by atoms with van der Waals surface area (Å²) in [5.74, 6) is 0. The van der Waals surface area contributed by atoms with Crippen LogP contribution in [0.4, 0.5) is 11.4 Å². The van der Waals surface area contributed by atoms with Crippen molar-refractivity contribution in [2.75, 3.05) is 5.32 Å². The molecule has 0 saturated heterocycles. The van der Waals surface area contributed by atoms with Gasteiger partial charge in [0.2, 0.25) is 0 Å². The van der Waals surface area contributed by atoms with Crippen LogP contribution in [0.2, 0.25) is 10.0 Å². The van der Waals surface area contributed by atoms with Crippen molar-refractivity contribution in [1.82, 2.24) is 0 Å². The summed E-state index contributed by atoms with van der Waals surface area (Å²) in [6, 6.07) is 10.4. The molecule has 0 unspecified atom stereocenters. The van der Waals surface area contributed by atoms with Crippen LogP contribution >= 0.6 is 23.2 Å². The van der Waals surface area contributed by atoms with Gasteiger partial charge in [0.15, 0.2) is 0 Å². The highest BCUT2D eigenvalue weighted by Gasteiger charge is 2.13. The van der Waals surface area contributed by atoms with Gasteiger partial charge in [-0.1, -0.05) is 42.3 Å². The topological polar surface area (TPSA) is 55.2 Å². The van der Waals surface area contributed by atoms with Gasteiger partial charge in [-0.25, -0.2) is 0 Å². The summed E-state index contributed by atoms with van der Waals surface area (Å²) in [5, 5.41) is 15.3. The van der Waals surface area contributed by atoms with Gasteiger partial charge in [-0.2, -0.15) is 0 Å². The molecule has 2 aromatic carbocycles. The molecule has 0 aliphatic heterocycles. The molecule has 2 rings (SSSR count). The molecule has 0 heterocycles. The molecule has 0 radical (unpaired) electrons. The normalized spacial score (nSPS) is 10.4. The van der Waals surface area contributed by atoms with Crippen LogP contribution in [0, 0.1) is 10.1 Å². The third-order valence-corrected chi connectivity index (χ3v) is 3.75. The van der Waals surface area contributed by atoms with Gasteiger partial charge in [-0.15, -0.1) is 0 Å². The first kappa shape index (κ1) is 15.6. The van der Waals surface area contributed by atoms with E-state index in [4.69, 9.17) is 23.2 Å². The maximum atomic E-state index is 11.0. The van der Waals surface area contributed by atoms with Crippen LogP contribution in [0.15, 0.2) is 36.4 Å².